The van der Waals surface area contributed by atoms with Crippen LogP contribution in [0.25, 0.3) is 0 Å². The maximum atomic E-state index is 13.9. The molecule has 0 fully saturated rings. The van der Waals surface area contributed by atoms with E-state index in [2.05, 4.69) is 11.1 Å². The van der Waals surface area contributed by atoms with E-state index in [0.717, 1.165) is 24.2 Å². The fourth-order valence-corrected chi connectivity index (χ4v) is 2.78. The van der Waals surface area contributed by atoms with E-state index < -0.39 is 11.6 Å². The molecule has 1 atom stereocenters. The second-order valence-electron chi connectivity index (χ2n) is 4.85. The third-order valence-corrected chi connectivity index (χ3v) is 3.70. The van der Waals surface area contributed by atoms with Crippen molar-refractivity contribution in [2.45, 2.75) is 12.5 Å². The van der Waals surface area contributed by atoms with Crippen LogP contribution in [0.5, 0.6) is 0 Å². The molecule has 1 aromatic heterocycles. The second-order valence-corrected chi connectivity index (χ2v) is 4.85. The summed E-state index contributed by atoms with van der Waals surface area (Å²) in [7, 11) is 0. The standard InChI is InChI=1S/C15H15F2N3/c16-11-7-13(17)15(19-9-11)20-6-5-10-3-1-2-4-12(10)14(20)8-18/h1-4,7,9,14H,5-6,8,18H2. The molecular formula is C15H15F2N3. The smallest absolute Gasteiger partial charge is 0.168 e. The minimum Gasteiger partial charge on any atom is -0.346 e. The lowest BCUT2D eigenvalue weighted by Gasteiger charge is -2.37. The largest absolute Gasteiger partial charge is 0.346 e. The van der Waals surface area contributed by atoms with Gasteiger partial charge in [0.2, 0.25) is 0 Å². The summed E-state index contributed by atoms with van der Waals surface area (Å²) in [4.78, 5) is 5.71. The van der Waals surface area contributed by atoms with Crippen LogP contribution in [-0.2, 0) is 6.42 Å². The minimum atomic E-state index is -0.673. The van der Waals surface area contributed by atoms with Gasteiger partial charge in [-0.25, -0.2) is 13.8 Å². The Balaban J connectivity index is 2.03. The van der Waals surface area contributed by atoms with Gasteiger partial charge in [-0.1, -0.05) is 24.3 Å². The van der Waals surface area contributed by atoms with E-state index in [9.17, 15) is 8.78 Å². The highest BCUT2D eigenvalue weighted by Gasteiger charge is 2.28. The molecule has 3 rings (SSSR count). The first kappa shape index (κ1) is 13.0. The van der Waals surface area contributed by atoms with Crippen LogP contribution >= 0.6 is 0 Å². The zero-order valence-electron chi connectivity index (χ0n) is 10.9. The number of benzene rings is 1. The molecule has 0 spiro atoms. The lowest BCUT2D eigenvalue weighted by molar-refractivity contribution is 0.535. The molecule has 0 saturated heterocycles. The van der Waals surface area contributed by atoms with E-state index in [1.165, 1.54) is 5.56 Å². The number of rotatable bonds is 2. The maximum Gasteiger partial charge on any atom is 0.168 e. The summed E-state index contributed by atoms with van der Waals surface area (Å²) in [6.07, 6.45) is 1.83. The quantitative estimate of drug-likeness (QED) is 0.915. The summed E-state index contributed by atoms with van der Waals surface area (Å²) < 4.78 is 26.9. The lowest BCUT2D eigenvalue weighted by Crippen LogP contribution is -2.40. The van der Waals surface area contributed by atoms with E-state index in [4.69, 9.17) is 5.73 Å². The van der Waals surface area contributed by atoms with Crippen molar-refractivity contribution in [2.75, 3.05) is 18.0 Å². The number of aromatic nitrogens is 1. The molecule has 2 aromatic rings. The third kappa shape index (κ3) is 2.14. The monoisotopic (exact) mass is 275 g/mol. The lowest BCUT2D eigenvalue weighted by atomic mass is 9.92. The van der Waals surface area contributed by atoms with E-state index >= 15 is 0 Å². The second kappa shape index (κ2) is 5.17. The molecule has 104 valence electrons. The Kier molecular flexibility index (Phi) is 3.36. The molecule has 0 saturated carbocycles. The summed E-state index contributed by atoms with van der Waals surface area (Å²) >= 11 is 0. The van der Waals surface area contributed by atoms with Crippen LogP contribution in [-0.4, -0.2) is 18.1 Å². The van der Waals surface area contributed by atoms with Gasteiger partial charge in [-0.15, -0.1) is 0 Å². The Morgan fingerprint density at radius 2 is 2.10 bits per heavy atom. The predicted octanol–water partition coefficient (Wildman–Crippen LogP) is 2.42. The average molecular weight is 275 g/mol. The molecule has 0 amide bonds. The summed E-state index contributed by atoms with van der Waals surface area (Å²) in [6, 6.07) is 8.71. The zero-order valence-corrected chi connectivity index (χ0v) is 10.9. The number of hydrogen-bond donors (Lipinski definition) is 1. The van der Waals surface area contributed by atoms with Crippen molar-refractivity contribution in [3.05, 3.63) is 59.3 Å². The SMILES string of the molecule is NCC1c2ccccc2CCN1c1ncc(F)cc1F. The molecule has 1 unspecified atom stereocenters. The van der Waals surface area contributed by atoms with Gasteiger partial charge in [0.1, 0.15) is 5.82 Å². The molecule has 0 bridgehead atoms. The molecule has 1 aromatic carbocycles. The fourth-order valence-electron chi connectivity index (χ4n) is 2.78. The van der Waals surface area contributed by atoms with E-state index in [-0.39, 0.29) is 11.9 Å². The third-order valence-electron chi connectivity index (χ3n) is 3.70. The van der Waals surface area contributed by atoms with Gasteiger partial charge in [-0.2, -0.15) is 0 Å². The number of fused-ring (bicyclic) bond motifs is 1. The topological polar surface area (TPSA) is 42.1 Å². The summed E-state index contributed by atoms with van der Waals surface area (Å²) in [5.41, 5.74) is 8.17. The number of hydrogen-bond acceptors (Lipinski definition) is 3. The molecular weight excluding hydrogens is 260 g/mol. The molecule has 5 heteroatoms. The molecule has 0 radical (unpaired) electrons. The fraction of sp³-hybridized carbons (Fsp3) is 0.267. The van der Waals surface area contributed by atoms with Gasteiger partial charge in [0.25, 0.3) is 0 Å². The first-order chi connectivity index (χ1) is 9.70. The normalized spacial score (nSPS) is 17.9. The minimum absolute atomic E-state index is 0.132. The van der Waals surface area contributed by atoms with Crippen molar-refractivity contribution >= 4 is 5.82 Å². The van der Waals surface area contributed by atoms with Gasteiger partial charge in [-0.3, -0.25) is 0 Å². The average Bonchev–Trinajstić information content (AvgIpc) is 2.46. The van der Waals surface area contributed by atoms with Crippen LogP contribution in [0.3, 0.4) is 0 Å². The maximum absolute atomic E-state index is 13.9. The Bertz CT molecular complexity index is 630. The van der Waals surface area contributed by atoms with E-state index in [1.807, 2.05) is 23.1 Å². The van der Waals surface area contributed by atoms with Crippen LogP contribution in [0, 0.1) is 11.6 Å². The molecule has 20 heavy (non-hydrogen) atoms. The Morgan fingerprint density at radius 3 is 2.85 bits per heavy atom. The highest BCUT2D eigenvalue weighted by Crippen LogP contribution is 2.33. The number of nitrogens with two attached hydrogens (primary N) is 1. The Hall–Kier alpha value is -2.01. The van der Waals surface area contributed by atoms with Gasteiger partial charge in [0.15, 0.2) is 11.6 Å². The summed E-state index contributed by atoms with van der Waals surface area (Å²) in [6.45, 7) is 0.976. The van der Waals surface area contributed by atoms with E-state index in [0.29, 0.717) is 13.1 Å². The molecule has 0 aliphatic carbocycles. The van der Waals surface area contributed by atoms with Crippen molar-refractivity contribution in [2.24, 2.45) is 5.73 Å². The molecule has 1 aliphatic heterocycles. The van der Waals surface area contributed by atoms with Crippen molar-refractivity contribution in [3.63, 3.8) is 0 Å². The summed E-state index contributed by atoms with van der Waals surface area (Å²) in [5, 5.41) is 0. The van der Waals surface area contributed by atoms with Crippen LogP contribution in [0.4, 0.5) is 14.6 Å². The number of nitrogens with zero attached hydrogens (tertiary/aromatic N) is 2. The number of halogens is 2. The molecule has 1 aliphatic rings. The van der Waals surface area contributed by atoms with Crippen LogP contribution in [0.15, 0.2) is 36.5 Å². The van der Waals surface area contributed by atoms with Crippen molar-refractivity contribution in [3.8, 4) is 0 Å². The summed E-state index contributed by atoms with van der Waals surface area (Å²) in [5.74, 6) is -1.16. The highest BCUT2D eigenvalue weighted by molar-refractivity contribution is 5.48. The number of pyridine rings is 1. The van der Waals surface area contributed by atoms with Crippen LogP contribution in [0.2, 0.25) is 0 Å². The van der Waals surface area contributed by atoms with Gasteiger partial charge in [0.05, 0.1) is 12.2 Å². The van der Waals surface area contributed by atoms with Gasteiger partial charge in [0, 0.05) is 19.2 Å². The van der Waals surface area contributed by atoms with Gasteiger partial charge in [-0.05, 0) is 17.5 Å². The Morgan fingerprint density at radius 1 is 1.30 bits per heavy atom. The molecule has 3 nitrogen and oxygen atoms in total. The van der Waals surface area contributed by atoms with Crippen LogP contribution < -0.4 is 10.6 Å². The van der Waals surface area contributed by atoms with E-state index in [1.54, 1.807) is 0 Å². The first-order valence-corrected chi connectivity index (χ1v) is 6.56. The van der Waals surface area contributed by atoms with Gasteiger partial charge < -0.3 is 10.6 Å². The van der Waals surface area contributed by atoms with Crippen molar-refractivity contribution in [1.82, 2.24) is 4.98 Å². The predicted molar refractivity (Wildman–Crippen MR) is 73.4 cm³/mol. The number of anilines is 1. The van der Waals surface area contributed by atoms with Crippen LogP contribution in [0.1, 0.15) is 17.2 Å². The first-order valence-electron chi connectivity index (χ1n) is 6.56. The molecule has 2 heterocycles. The molecule has 2 N–H and O–H groups in total. The van der Waals surface area contributed by atoms with Crippen molar-refractivity contribution in [1.29, 1.82) is 0 Å². The Labute approximate surface area is 116 Å². The van der Waals surface area contributed by atoms with Crippen molar-refractivity contribution < 1.29 is 8.78 Å². The highest BCUT2D eigenvalue weighted by atomic mass is 19.1. The zero-order chi connectivity index (χ0) is 14.1. The van der Waals surface area contributed by atoms with Gasteiger partial charge >= 0.3 is 0 Å².